The van der Waals surface area contributed by atoms with Gasteiger partial charge >= 0.3 is 0 Å². The number of hydrogen-bond donors (Lipinski definition) is 5. The summed E-state index contributed by atoms with van der Waals surface area (Å²) in [7, 11) is 10.7. The molecule has 16 heteroatoms. The Labute approximate surface area is 283 Å². The van der Waals surface area contributed by atoms with E-state index in [1.165, 1.54) is 6.07 Å². The van der Waals surface area contributed by atoms with Crippen LogP contribution in [0.15, 0.2) is 49.1 Å². The van der Waals surface area contributed by atoms with E-state index in [4.69, 9.17) is 4.74 Å². The summed E-state index contributed by atoms with van der Waals surface area (Å²) in [6, 6.07) is 6.24. The Bertz CT molecular complexity index is 1910. The van der Waals surface area contributed by atoms with Crippen molar-refractivity contribution >= 4 is 52.3 Å². The molecule has 4 aromatic heterocycles. The monoisotopic (exact) mass is 674 g/mol. The third kappa shape index (κ3) is 8.28. The highest BCUT2D eigenvalue weighted by Gasteiger charge is 2.41. The molecule has 2 unspecified atom stereocenters. The summed E-state index contributed by atoms with van der Waals surface area (Å²) < 4.78 is 11.6. The molecule has 5 N–H and O–H groups in total. The Kier molecular flexibility index (Phi) is 10.1. The maximum Gasteiger partial charge on any atom is 0.272 e. The third-order valence-corrected chi connectivity index (χ3v) is 8.03. The quantitative estimate of drug-likeness (QED) is 0.107. The van der Waals surface area contributed by atoms with E-state index < -0.39 is 23.8 Å². The highest BCUT2D eigenvalue weighted by atomic mass is 16.6. The van der Waals surface area contributed by atoms with Gasteiger partial charge in [-0.3, -0.25) is 24.0 Å². The van der Waals surface area contributed by atoms with Gasteiger partial charge in [-0.1, -0.05) is 0 Å². The number of anilines is 4. The van der Waals surface area contributed by atoms with Gasteiger partial charge < -0.3 is 54.5 Å². The minimum atomic E-state index is -0.488. The molecule has 5 amide bonds. The topological polar surface area (TPSA) is 181 Å². The molecule has 0 aliphatic carbocycles. The number of carbonyl (C=O) groups excluding carboxylic acids is 5. The van der Waals surface area contributed by atoms with Gasteiger partial charge in [0.25, 0.3) is 29.5 Å². The second-order valence-electron chi connectivity index (χ2n) is 12.4. The van der Waals surface area contributed by atoms with Crippen LogP contribution >= 0.6 is 0 Å². The van der Waals surface area contributed by atoms with Crippen molar-refractivity contribution in [1.29, 1.82) is 0 Å². The van der Waals surface area contributed by atoms with Crippen LogP contribution < -0.4 is 26.6 Å². The number of carbonyl (C=O) groups is 5. The smallest absolute Gasteiger partial charge is 0.272 e. The molecule has 0 aromatic carbocycles. The second-order valence-corrected chi connectivity index (χ2v) is 12.4. The first-order valence-corrected chi connectivity index (χ1v) is 15.7. The maximum atomic E-state index is 13.2. The molecule has 5 rings (SSSR count). The molecule has 0 radical (unpaired) electrons. The number of epoxide rings is 1. The lowest BCUT2D eigenvalue weighted by atomic mass is 10.3. The van der Waals surface area contributed by atoms with Crippen LogP contribution in [0, 0.1) is 0 Å². The van der Waals surface area contributed by atoms with Gasteiger partial charge in [-0.05, 0) is 58.3 Å². The first kappa shape index (κ1) is 34.7. The number of aromatic nitrogens is 4. The predicted octanol–water partition coefficient (Wildman–Crippen LogP) is 2.20. The van der Waals surface area contributed by atoms with Crippen LogP contribution in [-0.4, -0.2) is 92.1 Å². The molecule has 0 bridgehead atoms. The summed E-state index contributed by atoms with van der Waals surface area (Å²) in [5, 5.41) is 14.0. The fourth-order valence-corrected chi connectivity index (χ4v) is 5.38. The molecule has 260 valence electrons. The number of hydrogen-bond acceptors (Lipinski definition) is 7. The van der Waals surface area contributed by atoms with Gasteiger partial charge in [0.15, 0.2) is 6.10 Å². The van der Waals surface area contributed by atoms with Gasteiger partial charge in [-0.25, -0.2) is 0 Å². The van der Waals surface area contributed by atoms with Crippen molar-refractivity contribution in [3.05, 3.63) is 71.8 Å². The summed E-state index contributed by atoms with van der Waals surface area (Å²) in [6.45, 7) is 3.20. The van der Waals surface area contributed by atoms with E-state index >= 15 is 0 Å². The van der Waals surface area contributed by atoms with Crippen LogP contribution in [0.4, 0.5) is 22.7 Å². The van der Waals surface area contributed by atoms with Gasteiger partial charge in [0.2, 0.25) is 0 Å². The summed E-state index contributed by atoms with van der Waals surface area (Å²) in [6.07, 6.45) is 6.70. The highest BCUT2D eigenvalue weighted by molar-refractivity contribution is 6.09. The van der Waals surface area contributed by atoms with Crippen molar-refractivity contribution in [2.75, 3.05) is 48.5 Å². The molecule has 2 atom stereocenters. The van der Waals surface area contributed by atoms with E-state index in [1.807, 2.05) is 19.0 Å². The summed E-state index contributed by atoms with van der Waals surface area (Å²) in [5.74, 6) is -1.81. The largest absolute Gasteiger partial charge is 0.359 e. The Morgan fingerprint density at radius 2 is 0.980 bits per heavy atom. The molecule has 49 heavy (non-hydrogen) atoms. The average Bonchev–Trinajstić information content (AvgIpc) is 3.32. The summed E-state index contributed by atoms with van der Waals surface area (Å²) >= 11 is 0. The predicted molar refractivity (Wildman–Crippen MR) is 184 cm³/mol. The van der Waals surface area contributed by atoms with Crippen LogP contribution in [0.3, 0.4) is 0 Å². The Morgan fingerprint density at radius 3 is 1.33 bits per heavy atom. The Balaban J connectivity index is 1.17. The van der Waals surface area contributed by atoms with Gasteiger partial charge in [-0.15, -0.1) is 0 Å². The van der Waals surface area contributed by atoms with Crippen molar-refractivity contribution in [2.24, 2.45) is 28.2 Å². The molecule has 4 aromatic rings. The average molecular weight is 675 g/mol. The second kappa shape index (κ2) is 14.2. The van der Waals surface area contributed by atoms with E-state index in [2.05, 4.69) is 26.6 Å². The van der Waals surface area contributed by atoms with E-state index in [1.54, 1.807) is 96.4 Å². The van der Waals surface area contributed by atoms with Crippen LogP contribution in [0.25, 0.3) is 0 Å². The molecular formula is C33H42N10O6. The number of rotatable bonds is 13. The molecule has 0 saturated carbocycles. The molecule has 1 fully saturated rings. The lowest BCUT2D eigenvalue weighted by Gasteiger charge is -2.10. The minimum Gasteiger partial charge on any atom is -0.359 e. The zero-order valence-corrected chi connectivity index (χ0v) is 28.6. The fraction of sp³-hybridized carbons (Fsp3) is 0.364. The van der Waals surface area contributed by atoms with Crippen molar-refractivity contribution in [1.82, 2.24) is 28.5 Å². The van der Waals surface area contributed by atoms with Crippen molar-refractivity contribution in [3.8, 4) is 0 Å². The zero-order valence-electron chi connectivity index (χ0n) is 28.6. The van der Waals surface area contributed by atoms with E-state index in [-0.39, 0.29) is 29.3 Å². The normalized spacial score (nSPS) is 15.2. The highest BCUT2D eigenvalue weighted by Crippen LogP contribution is 2.24. The standard InChI is InChI=1S/C33H42N10O6/c1-19-28(49-19)33(48)38-23-14-27(43(7)18-23)32(47)37-22-13-26(42(6)17-22)31(46)36-21-12-25(41(5)16-21)30(45)35-20-11-24(40(4)15-20)29(44)34-9-8-10-39(2)3/h11-19,28H,8-10H2,1-7H3,(H,34,44)(H,35,45)(H,36,46)(H,37,47)(H,38,48). The van der Waals surface area contributed by atoms with E-state index in [0.717, 1.165) is 13.0 Å². The molecular weight excluding hydrogens is 632 g/mol. The summed E-state index contributed by atoms with van der Waals surface area (Å²) in [4.78, 5) is 66.2. The number of aryl methyl sites for hydroxylation is 4. The number of nitrogens with zero attached hydrogens (tertiary/aromatic N) is 5. The van der Waals surface area contributed by atoms with Gasteiger partial charge in [-0.2, -0.15) is 0 Å². The van der Waals surface area contributed by atoms with Gasteiger partial charge in [0, 0.05) is 59.5 Å². The number of ether oxygens (including phenoxy) is 1. The molecule has 1 aliphatic heterocycles. The van der Waals surface area contributed by atoms with Crippen molar-refractivity contribution in [3.63, 3.8) is 0 Å². The van der Waals surface area contributed by atoms with Crippen molar-refractivity contribution in [2.45, 2.75) is 25.6 Å². The first-order chi connectivity index (χ1) is 23.2. The van der Waals surface area contributed by atoms with Gasteiger partial charge in [0.1, 0.15) is 22.8 Å². The number of amides is 5. The van der Waals surface area contributed by atoms with E-state index in [0.29, 0.717) is 40.7 Å². The van der Waals surface area contributed by atoms with Gasteiger partial charge in [0.05, 0.1) is 28.9 Å². The zero-order chi connectivity index (χ0) is 35.6. The fourth-order valence-electron chi connectivity index (χ4n) is 5.38. The molecule has 5 heterocycles. The van der Waals surface area contributed by atoms with Crippen molar-refractivity contribution < 1.29 is 28.7 Å². The molecule has 1 saturated heterocycles. The maximum absolute atomic E-state index is 13.2. The van der Waals surface area contributed by atoms with Crippen LogP contribution in [0.2, 0.25) is 0 Å². The number of nitrogens with one attached hydrogen (secondary N) is 5. The van der Waals surface area contributed by atoms with Crippen LogP contribution in [0.1, 0.15) is 55.3 Å². The SMILES string of the molecule is CC1OC1C(=O)Nc1cc(C(=O)Nc2cc(C(=O)Nc3cc(C(=O)Nc4cc(C(=O)NCCCN(C)C)n(C)c4)n(C)c3)n(C)c2)n(C)c1. The molecule has 0 spiro atoms. The Morgan fingerprint density at radius 1 is 0.633 bits per heavy atom. The summed E-state index contributed by atoms with van der Waals surface area (Å²) in [5.41, 5.74) is 2.96. The molecule has 1 aliphatic rings. The van der Waals surface area contributed by atoms with E-state index in [9.17, 15) is 24.0 Å². The molecule has 16 nitrogen and oxygen atoms in total. The lowest BCUT2D eigenvalue weighted by molar-refractivity contribution is -0.117. The van der Waals surface area contributed by atoms with Crippen LogP contribution in [-0.2, 0) is 37.7 Å². The van der Waals surface area contributed by atoms with Crippen LogP contribution in [0.5, 0.6) is 0 Å². The minimum absolute atomic E-state index is 0.127. The third-order valence-electron chi connectivity index (χ3n) is 8.03. The first-order valence-electron chi connectivity index (χ1n) is 15.7. The Hall–Kier alpha value is -5.61. The lowest BCUT2D eigenvalue weighted by Crippen LogP contribution is -2.28.